The van der Waals surface area contributed by atoms with Crippen molar-refractivity contribution in [2.75, 3.05) is 13.0 Å². The second-order valence-electron chi connectivity index (χ2n) is 5.02. The Balaban J connectivity index is 2.53. The van der Waals surface area contributed by atoms with Crippen LogP contribution in [0.1, 0.15) is 18.6 Å². The van der Waals surface area contributed by atoms with E-state index < -0.39 is 5.41 Å². The molecule has 0 unspecified atom stereocenters. The van der Waals surface area contributed by atoms with E-state index in [1.54, 1.807) is 13.8 Å². The highest BCUT2D eigenvalue weighted by molar-refractivity contribution is 6.20. The van der Waals surface area contributed by atoms with Gasteiger partial charge < -0.3 is 4.74 Å². The molecule has 0 aliphatic rings. The summed E-state index contributed by atoms with van der Waals surface area (Å²) < 4.78 is 6.29. The highest BCUT2D eigenvalue weighted by atomic mass is 35.5. The van der Waals surface area contributed by atoms with Gasteiger partial charge in [-0.15, -0.1) is 16.7 Å². The van der Waals surface area contributed by atoms with Crippen LogP contribution in [0.2, 0.25) is 0 Å². The first kappa shape index (κ1) is 14.5. The molecular weight excluding hydrogens is 278 g/mol. The normalized spacial score (nSPS) is 11.4. The second-order valence-corrected chi connectivity index (χ2v) is 5.29. The van der Waals surface area contributed by atoms with Gasteiger partial charge in [0.2, 0.25) is 0 Å². The van der Waals surface area contributed by atoms with E-state index >= 15 is 0 Å². The Morgan fingerprint density at radius 2 is 2.00 bits per heavy atom. The first-order valence-electron chi connectivity index (χ1n) is 6.17. The summed E-state index contributed by atoms with van der Waals surface area (Å²) in [5.41, 5.74) is 0.0612. The van der Waals surface area contributed by atoms with Crippen LogP contribution in [0.15, 0.2) is 30.3 Å². The molecule has 0 amide bonds. The average molecular weight is 294 g/mol. The molecule has 2 aromatic rings. The van der Waals surface area contributed by atoms with Gasteiger partial charge in [-0.1, -0.05) is 30.3 Å². The largest absolute Gasteiger partial charge is 0.466 e. The number of hydrogen-bond donors (Lipinski definition) is 0. The van der Waals surface area contributed by atoms with Crippen molar-refractivity contribution in [3.63, 3.8) is 0 Å². The van der Waals surface area contributed by atoms with Crippen molar-refractivity contribution in [3.8, 4) is 17.4 Å². The van der Waals surface area contributed by atoms with Crippen molar-refractivity contribution in [1.82, 2.24) is 14.8 Å². The minimum atomic E-state index is -0.732. The number of hydrogen-bond acceptors (Lipinski definition) is 4. The predicted molar refractivity (Wildman–Crippen MR) is 77.1 cm³/mol. The Hall–Kier alpha value is -1.88. The lowest BCUT2D eigenvalue weighted by atomic mass is 9.95. The Bertz CT molecular complexity index is 608. The molecule has 1 aromatic heterocycles. The van der Waals surface area contributed by atoms with Gasteiger partial charge in [-0.2, -0.15) is 9.67 Å². The summed E-state index contributed by atoms with van der Waals surface area (Å²) in [4.78, 5) is 16.8. The Morgan fingerprint density at radius 3 is 2.55 bits per heavy atom. The molecule has 1 heterocycles. The Labute approximate surface area is 122 Å². The van der Waals surface area contributed by atoms with E-state index in [0.29, 0.717) is 5.82 Å². The second kappa shape index (κ2) is 5.63. The van der Waals surface area contributed by atoms with Crippen molar-refractivity contribution in [1.29, 1.82) is 0 Å². The maximum atomic E-state index is 12.5. The topological polar surface area (TPSA) is 57.0 Å². The van der Waals surface area contributed by atoms with Crippen LogP contribution < -0.4 is 4.74 Å². The quantitative estimate of drug-likeness (QED) is 0.813. The van der Waals surface area contributed by atoms with Crippen molar-refractivity contribution in [2.24, 2.45) is 5.41 Å². The molecule has 0 N–H and O–H groups in total. The number of rotatable bonds is 4. The number of benzene rings is 1. The maximum absolute atomic E-state index is 12.5. The molecule has 6 heteroatoms. The molecule has 0 radical (unpaired) electrons. The molecule has 0 saturated carbocycles. The van der Waals surface area contributed by atoms with Crippen LogP contribution in [0.5, 0.6) is 6.01 Å². The van der Waals surface area contributed by atoms with E-state index in [1.807, 2.05) is 30.3 Å². The third-order valence-corrected chi connectivity index (χ3v) is 3.58. The fourth-order valence-corrected chi connectivity index (χ4v) is 1.75. The summed E-state index contributed by atoms with van der Waals surface area (Å²) in [5.74, 6) is 0.426. The summed E-state index contributed by atoms with van der Waals surface area (Å²) in [6, 6.07) is 9.52. The number of nitrogens with zero attached hydrogens (tertiary/aromatic N) is 3. The molecule has 0 bridgehead atoms. The van der Waals surface area contributed by atoms with Gasteiger partial charge in [-0.3, -0.25) is 4.79 Å². The van der Waals surface area contributed by atoms with Gasteiger partial charge in [0.1, 0.15) is 0 Å². The van der Waals surface area contributed by atoms with Gasteiger partial charge in [-0.05, 0) is 13.8 Å². The van der Waals surface area contributed by atoms with E-state index in [9.17, 15) is 4.79 Å². The number of carbonyl (C=O) groups is 1. The Morgan fingerprint density at radius 1 is 1.35 bits per heavy atom. The molecule has 0 saturated heterocycles. The van der Waals surface area contributed by atoms with Gasteiger partial charge in [0.25, 0.3) is 5.91 Å². The van der Waals surface area contributed by atoms with Gasteiger partial charge >= 0.3 is 6.01 Å². The summed E-state index contributed by atoms with van der Waals surface area (Å²) in [7, 11) is 1.46. The minimum absolute atomic E-state index is 0.155. The molecule has 20 heavy (non-hydrogen) atoms. The highest BCUT2D eigenvalue weighted by Crippen LogP contribution is 2.25. The van der Waals surface area contributed by atoms with Crippen LogP contribution in [0.4, 0.5) is 0 Å². The molecule has 0 aliphatic carbocycles. The maximum Gasteiger partial charge on any atom is 0.336 e. The van der Waals surface area contributed by atoms with Crippen LogP contribution in [-0.4, -0.2) is 33.7 Å². The van der Waals surface area contributed by atoms with Crippen molar-refractivity contribution in [2.45, 2.75) is 13.8 Å². The molecule has 0 fully saturated rings. The molecule has 0 spiro atoms. The number of halogens is 1. The number of ether oxygens (including phenoxy) is 1. The van der Waals surface area contributed by atoms with Crippen molar-refractivity contribution >= 4 is 17.5 Å². The summed E-state index contributed by atoms with van der Waals surface area (Å²) >= 11 is 5.86. The first-order valence-corrected chi connectivity index (χ1v) is 6.70. The summed E-state index contributed by atoms with van der Waals surface area (Å²) in [5, 5.41) is 4.09. The van der Waals surface area contributed by atoms with Gasteiger partial charge in [0, 0.05) is 11.4 Å². The molecule has 0 aliphatic heterocycles. The SMILES string of the molecule is COc1nc(-c2ccccc2)n(C(=O)C(C)(C)CCl)n1. The molecular formula is C14H16ClN3O2. The predicted octanol–water partition coefficient (Wildman–Crippen LogP) is 2.86. The van der Waals surface area contributed by atoms with Crippen LogP contribution in [-0.2, 0) is 0 Å². The number of alkyl halides is 1. The molecule has 1 aromatic carbocycles. The molecule has 0 atom stereocenters. The van der Waals surface area contributed by atoms with E-state index in [0.717, 1.165) is 5.56 Å². The lowest BCUT2D eigenvalue weighted by molar-refractivity contribution is 0.0753. The monoisotopic (exact) mass is 293 g/mol. The zero-order valence-corrected chi connectivity index (χ0v) is 12.4. The number of carbonyl (C=O) groups excluding carboxylic acids is 1. The third-order valence-electron chi connectivity index (χ3n) is 2.91. The van der Waals surface area contributed by atoms with E-state index in [1.165, 1.54) is 11.8 Å². The van der Waals surface area contributed by atoms with E-state index in [4.69, 9.17) is 16.3 Å². The fourth-order valence-electron chi connectivity index (χ4n) is 1.64. The zero-order valence-electron chi connectivity index (χ0n) is 11.6. The van der Waals surface area contributed by atoms with Gasteiger partial charge in [0.15, 0.2) is 5.82 Å². The van der Waals surface area contributed by atoms with E-state index in [2.05, 4.69) is 10.1 Å². The number of aromatic nitrogens is 3. The zero-order chi connectivity index (χ0) is 14.8. The third kappa shape index (κ3) is 2.67. The average Bonchev–Trinajstić information content (AvgIpc) is 2.91. The summed E-state index contributed by atoms with van der Waals surface area (Å²) in [6.45, 7) is 3.54. The van der Waals surface area contributed by atoms with Crippen LogP contribution in [0.25, 0.3) is 11.4 Å². The molecule has 2 rings (SSSR count). The first-order chi connectivity index (χ1) is 9.49. The Kier molecular flexibility index (Phi) is 4.09. The van der Waals surface area contributed by atoms with Crippen LogP contribution in [0, 0.1) is 5.41 Å². The smallest absolute Gasteiger partial charge is 0.336 e. The van der Waals surface area contributed by atoms with E-state index in [-0.39, 0.29) is 17.8 Å². The lowest BCUT2D eigenvalue weighted by Crippen LogP contribution is -2.32. The molecule has 106 valence electrons. The minimum Gasteiger partial charge on any atom is -0.466 e. The summed E-state index contributed by atoms with van der Waals surface area (Å²) in [6.07, 6.45) is 0. The highest BCUT2D eigenvalue weighted by Gasteiger charge is 2.31. The van der Waals surface area contributed by atoms with Crippen LogP contribution >= 0.6 is 11.6 Å². The van der Waals surface area contributed by atoms with Gasteiger partial charge in [0.05, 0.1) is 12.5 Å². The lowest BCUT2D eigenvalue weighted by Gasteiger charge is -2.19. The fraction of sp³-hybridized carbons (Fsp3) is 0.357. The van der Waals surface area contributed by atoms with Crippen molar-refractivity contribution in [3.05, 3.63) is 30.3 Å². The van der Waals surface area contributed by atoms with Gasteiger partial charge in [-0.25, -0.2) is 0 Å². The number of methoxy groups -OCH3 is 1. The molecule has 5 nitrogen and oxygen atoms in total. The van der Waals surface area contributed by atoms with Crippen molar-refractivity contribution < 1.29 is 9.53 Å². The standard InChI is InChI=1S/C14H16ClN3O2/c1-14(2,9-15)12(19)18-11(16-13(17-18)20-3)10-7-5-4-6-8-10/h4-8H,9H2,1-3H3. The van der Waals surface area contributed by atoms with Crippen LogP contribution in [0.3, 0.4) is 0 Å².